The van der Waals surface area contributed by atoms with E-state index in [-0.39, 0.29) is 5.76 Å². The average Bonchev–Trinajstić information content (AvgIpc) is 2.72. The third-order valence-electron chi connectivity index (χ3n) is 2.57. The van der Waals surface area contributed by atoms with Crippen LogP contribution in [0, 0.1) is 13.8 Å². The Bertz CT molecular complexity index is 587. The Kier molecular flexibility index (Phi) is 3.40. The predicted octanol–water partition coefficient (Wildman–Crippen LogP) is 4.70. The summed E-state index contributed by atoms with van der Waals surface area (Å²) in [4.78, 5) is 11.0. The monoisotopic (exact) mass is 312 g/mol. The number of halogens is 2. The second kappa shape index (κ2) is 4.67. The van der Waals surface area contributed by atoms with E-state index in [1.807, 2.05) is 26.0 Å². The predicted molar refractivity (Wildman–Crippen MR) is 71.5 cm³/mol. The smallest absolute Gasteiger partial charge is 0.287 e. The highest BCUT2D eigenvalue weighted by Gasteiger charge is 2.12. The Balaban J connectivity index is 2.52. The molecule has 0 amide bonds. The zero-order valence-electron chi connectivity index (χ0n) is 9.38. The Labute approximate surface area is 113 Å². The maximum Gasteiger partial charge on any atom is 0.287 e. The topological polar surface area (TPSA) is 30.2 Å². The second-order valence-electron chi connectivity index (χ2n) is 3.85. The van der Waals surface area contributed by atoms with Crippen LogP contribution in [0.15, 0.2) is 33.2 Å². The van der Waals surface area contributed by atoms with Crippen LogP contribution in [0.2, 0.25) is 0 Å². The number of hydrogen-bond donors (Lipinski definition) is 0. The molecular formula is C13H10BrClO2. The van der Waals surface area contributed by atoms with E-state index < -0.39 is 5.24 Å². The lowest BCUT2D eigenvalue weighted by Crippen LogP contribution is -1.86. The standard InChI is InChI=1S/C13H10BrClO2/c1-7-6-10(14)8(2)5-9(7)11-3-4-12(17-11)13(15)16/h3-6H,1-2H3. The third kappa shape index (κ3) is 2.45. The first-order chi connectivity index (χ1) is 7.99. The van der Waals surface area contributed by atoms with E-state index in [9.17, 15) is 4.79 Å². The molecule has 4 heteroatoms. The molecule has 0 fully saturated rings. The van der Waals surface area contributed by atoms with Crippen molar-refractivity contribution in [2.75, 3.05) is 0 Å². The minimum absolute atomic E-state index is 0.168. The van der Waals surface area contributed by atoms with Gasteiger partial charge in [-0.15, -0.1) is 0 Å². The number of rotatable bonds is 2. The first-order valence-electron chi connectivity index (χ1n) is 5.06. The van der Waals surface area contributed by atoms with Crippen LogP contribution in [0.1, 0.15) is 21.7 Å². The van der Waals surface area contributed by atoms with Crippen molar-refractivity contribution in [2.45, 2.75) is 13.8 Å². The first kappa shape index (κ1) is 12.4. The Morgan fingerprint density at radius 3 is 2.53 bits per heavy atom. The Morgan fingerprint density at radius 2 is 1.94 bits per heavy atom. The number of aryl methyl sites for hydroxylation is 2. The molecular weight excluding hydrogens is 303 g/mol. The minimum atomic E-state index is -0.581. The van der Waals surface area contributed by atoms with Gasteiger partial charge in [0.1, 0.15) is 5.76 Å². The van der Waals surface area contributed by atoms with Crippen molar-refractivity contribution < 1.29 is 9.21 Å². The molecule has 0 aliphatic heterocycles. The largest absolute Gasteiger partial charge is 0.452 e. The highest BCUT2D eigenvalue weighted by Crippen LogP contribution is 2.30. The summed E-state index contributed by atoms with van der Waals surface area (Å²) in [5.41, 5.74) is 3.15. The van der Waals surface area contributed by atoms with Crippen LogP contribution >= 0.6 is 27.5 Å². The maximum absolute atomic E-state index is 11.0. The number of furan rings is 1. The molecule has 0 spiro atoms. The number of carbonyl (C=O) groups excluding carboxylic acids is 1. The molecule has 0 atom stereocenters. The molecule has 2 aromatic rings. The summed E-state index contributed by atoms with van der Waals surface area (Å²) in [7, 11) is 0. The SMILES string of the molecule is Cc1cc(-c2ccc(C(=O)Cl)o2)c(C)cc1Br. The second-order valence-corrected chi connectivity index (χ2v) is 5.05. The van der Waals surface area contributed by atoms with Gasteiger partial charge in [0, 0.05) is 10.0 Å². The van der Waals surface area contributed by atoms with Crippen molar-refractivity contribution in [3.63, 3.8) is 0 Å². The Morgan fingerprint density at radius 1 is 1.24 bits per heavy atom. The van der Waals surface area contributed by atoms with Gasteiger partial charge in [-0.1, -0.05) is 15.9 Å². The van der Waals surface area contributed by atoms with E-state index >= 15 is 0 Å². The van der Waals surface area contributed by atoms with Gasteiger partial charge in [0.15, 0.2) is 5.76 Å². The van der Waals surface area contributed by atoms with E-state index in [1.165, 1.54) is 0 Å². The molecule has 2 nitrogen and oxygen atoms in total. The first-order valence-corrected chi connectivity index (χ1v) is 6.23. The fourth-order valence-corrected chi connectivity index (χ4v) is 2.19. The molecule has 1 heterocycles. The van der Waals surface area contributed by atoms with Gasteiger partial charge in [-0.05, 0) is 60.8 Å². The summed E-state index contributed by atoms with van der Waals surface area (Å²) in [5.74, 6) is 0.823. The van der Waals surface area contributed by atoms with E-state index in [2.05, 4.69) is 15.9 Å². The molecule has 0 bridgehead atoms. The van der Waals surface area contributed by atoms with E-state index in [0.717, 1.165) is 21.2 Å². The molecule has 1 aromatic heterocycles. The zero-order chi connectivity index (χ0) is 12.6. The molecule has 0 unspecified atom stereocenters. The van der Waals surface area contributed by atoms with E-state index in [4.69, 9.17) is 16.0 Å². The molecule has 17 heavy (non-hydrogen) atoms. The quantitative estimate of drug-likeness (QED) is 0.752. The number of benzene rings is 1. The minimum Gasteiger partial charge on any atom is -0.452 e. The molecule has 1 aromatic carbocycles. The lowest BCUT2D eigenvalue weighted by Gasteiger charge is -2.06. The van der Waals surface area contributed by atoms with Crippen molar-refractivity contribution in [3.8, 4) is 11.3 Å². The Hall–Kier alpha value is -1.06. The van der Waals surface area contributed by atoms with Crippen LogP contribution in [0.25, 0.3) is 11.3 Å². The van der Waals surface area contributed by atoms with Gasteiger partial charge >= 0.3 is 0 Å². The van der Waals surface area contributed by atoms with E-state index in [1.54, 1.807) is 12.1 Å². The molecule has 0 aliphatic rings. The van der Waals surface area contributed by atoms with Crippen LogP contribution in [0.4, 0.5) is 0 Å². The summed E-state index contributed by atoms with van der Waals surface area (Å²) in [5, 5.41) is -0.581. The molecule has 2 rings (SSSR count). The van der Waals surface area contributed by atoms with Crippen molar-refractivity contribution >= 4 is 32.8 Å². The molecule has 0 saturated heterocycles. The summed E-state index contributed by atoms with van der Waals surface area (Å²) in [6, 6.07) is 7.38. The van der Waals surface area contributed by atoms with Crippen molar-refractivity contribution in [1.29, 1.82) is 0 Å². The lowest BCUT2D eigenvalue weighted by molar-refractivity contribution is 0.105. The fourth-order valence-electron chi connectivity index (χ4n) is 1.63. The highest BCUT2D eigenvalue weighted by molar-refractivity contribution is 9.10. The van der Waals surface area contributed by atoms with Gasteiger partial charge in [-0.25, -0.2) is 0 Å². The van der Waals surface area contributed by atoms with Gasteiger partial charge in [0.2, 0.25) is 0 Å². The van der Waals surface area contributed by atoms with Gasteiger partial charge in [0.25, 0.3) is 5.24 Å². The third-order valence-corrected chi connectivity index (χ3v) is 3.61. The molecule has 88 valence electrons. The molecule has 0 radical (unpaired) electrons. The fraction of sp³-hybridized carbons (Fsp3) is 0.154. The van der Waals surface area contributed by atoms with Crippen LogP contribution < -0.4 is 0 Å². The summed E-state index contributed by atoms with van der Waals surface area (Å²) < 4.78 is 6.46. The van der Waals surface area contributed by atoms with Gasteiger partial charge in [-0.3, -0.25) is 4.79 Å². The van der Waals surface area contributed by atoms with Crippen LogP contribution in [0.3, 0.4) is 0 Å². The van der Waals surface area contributed by atoms with Crippen LogP contribution in [-0.2, 0) is 0 Å². The van der Waals surface area contributed by atoms with E-state index in [0.29, 0.717) is 5.76 Å². The van der Waals surface area contributed by atoms with Crippen molar-refractivity contribution in [1.82, 2.24) is 0 Å². The van der Waals surface area contributed by atoms with Crippen LogP contribution in [0.5, 0.6) is 0 Å². The highest BCUT2D eigenvalue weighted by atomic mass is 79.9. The number of hydrogen-bond acceptors (Lipinski definition) is 2. The zero-order valence-corrected chi connectivity index (χ0v) is 11.7. The van der Waals surface area contributed by atoms with Gasteiger partial charge < -0.3 is 4.42 Å². The maximum atomic E-state index is 11.0. The van der Waals surface area contributed by atoms with Crippen molar-refractivity contribution in [2.24, 2.45) is 0 Å². The molecule has 0 saturated carbocycles. The summed E-state index contributed by atoms with van der Waals surface area (Å²) >= 11 is 8.84. The van der Waals surface area contributed by atoms with Gasteiger partial charge in [0.05, 0.1) is 0 Å². The van der Waals surface area contributed by atoms with Gasteiger partial charge in [-0.2, -0.15) is 0 Å². The summed E-state index contributed by atoms with van der Waals surface area (Å²) in [6.07, 6.45) is 0. The molecule has 0 N–H and O–H groups in total. The van der Waals surface area contributed by atoms with Crippen molar-refractivity contribution in [3.05, 3.63) is 45.6 Å². The summed E-state index contributed by atoms with van der Waals surface area (Å²) in [6.45, 7) is 3.99. The lowest BCUT2D eigenvalue weighted by atomic mass is 10.0. The number of carbonyl (C=O) groups is 1. The molecule has 0 aliphatic carbocycles. The van der Waals surface area contributed by atoms with Crippen LogP contribution in [-0.4, -0.2) is 5.24 Å². The average molecular weight is 314 g/mol. The normalized spacial score (nSPS) is 10.6.